The van der Waals surface area contributed by atoms with Crippen LogP contribution in [0.1, 0.15) is 66.7 Å². The number of hydrogen-bond donors (Lipinski definition) is 0. The highest BCUT2D eigenvalue weighted by molar-refractivity contribution is 6.30. The van der Waals surface area contributed by atoms with Crippen LogP contribution in [0, 0.1) is 35.1 Å². The number of esters is 2. The average Bonchev–Trinajstić information content (AvgIpc) is 1.70. The maximum Gasteiger partial charge on any atom is 0.346 e. The Morgan fingerprint density at radius 3 is 1.36 bits per heavy atom. The minimum atomic E-state index is -0.976. The van der Waals surface area contributed by atoms with Crippen LogP contribution in [0.25, 0.3) is 44.6 Å². The van der Waals surface area contributed by atoms with Crippen molar-refractivity contribution in [3.8, 4) is 34.3 Å². The second-order valence-corrected chi connectivity index (χ2v) is 22.1. The number of rotatable bonds is 20. The lowest BCUT2D eigenvalue weighted by Crippen LogP contribution is -2.23. The van der Waals surface area contributed by atoms with E-state index in [0.29, 0.717) is 70.2 Å². The van der Waals surface area contributed by atoms with Gasteiger partial charge in [-0.05, 0) is 119 Å². The molecule has 2 aliphatic rings. The van der Waals surface area contributed by atoms with Gasteiger partial charge in [0.15, 0.2) is 0 Å². The summed E-state index contributed by atoms with van der Waals surface area (Å²) in [5.74, 6) is -4.01. The molecule has 0 radical (unpaired) electrons. The van der Waals surface area contributed by atoms with Crippen molar-refractivity contribution in [3.05, 3.63) is 224 Å². The van der Waals surface area contributed by atoms with Gasteiger partial charge in [0.2, 0.25) is 11.8 Å². The maximum atomic E-state index is 16.3. The molecule has 0 N–H and O–H groups in total. The molecule has 2 fully saturated rings. The fraction of sp³-hybridized carbons (Fsp3) is 0.242. The Hall–Kier alpha value is -8.56. The summed E-state index contributed by atoms with van der Waals surface area (Å²) in [4.78, 5) is 46.9. The number of fused-ring (bicyclic) bond motifs is 2. The molecule has 12 rings (SSSR count). The molecule has 6 aromatic carbocycles. The van der Waals surface area contributed by atoms with Gasteiger partial charge >= 0.3 is 11.9 Å². The number of nitrogens with zero attached hydrogens (tertiary/aromatic N) is 6. The predicted octanol–water partition coefficient (Wildman–Crippen LogP) is 13.4. The fourth-order valence-electron chi connectivity index (χ4n) is 11.2. The van der Waals surface area contributed by atoms with E-state index < -0.39 is 47.3 Å². The van der Waals surface area contributed by atoms with Crippen molar-refractivity contribution in [1.29, 1.82) is 0 Å². The van der Waals surface area contributed by atoms with Gasteiger partial charge in [0.05, 0.1) is 96.3 Å². The van der Waals surface area contributed by atoms with E-state index in [-0.39, 0.29) is 108 Å². The minimum Gasteiger partial charge on any atom is -0.473 e. The highest BCUT2D eigenvalue weighted by atomic mass is 35.5. The van der Waals surface area contributed by atoms with Gasteiger partial charge in [0, 0.05) is 72.2 Å². The second-order valence-electron chi connectivity index (χ2n) is 21.3. The van der Waals surface area contributed by atoms with Crippen molar-refractivity contribution >= 4 is 57.2 Å². The molecule has 0 unspecified atom stereocenters. The van der Waals surface area contributed by atoms with Crippen molar-refractivity contribution in [2.75, 3.05) is 53.9 Å². The van der Waals surface area contributed by atoms with Crippen molar-refractivity contribution < 1.29 is 60.3 Å². The zero-order valence-electron chi connectivity index (χ0n) is 46.9. The van der Waals surface area contributed by atoms with Crippen molar-refractivity contribution in [2.24, 2.45) is 11.8 Å². The van der Waals surface area contributed by atoms with Crippen LogP contribution >= 0.6 is 23.2 Å². The van der Waals surface area contributed by atoms with Crippen molar-refractivity contribution in [2.45, 2.75) is 38.1 Å². The lowest BCUT2D eigenvalue weighted by Gasteiger charge is -2.22. The summed E-state index contributed by atoms with van der Waals surface area (Å²) in [6, 6.07) is 36.7. The van der Waals surface area contributed by atoms with Gasteiger partial charge in [-0.25, -0.2) is 47.1 Å². The third kappa shape index (κ3) is 12.8. The first-order chi connectivity index (χ1) is 42.3. The van der Waals surface area contributed by atoms with Crippen LogP contribution in [0.15, 0.2) is 146 Å². The number of benzene rings is 6. The molecule has 0 aliphatic carbocycles. The summed E-state index contributed by atoms with van der Waals surface area (Å²) in [6.07, 6.45) is -0.309. The van der Waals surface area contributed by atoms with Crippen LogP contribution in [-0.2, 0) is 49.7 Å². The second kappa shape index (κ2) is 25.8. The lowest BCUT2D eigenvalue weighted by atomic mass is 10.0. The Labute approximate surface area is 506 Å². The standard InChI is InChI=1S/C66H54Cl2F4N6O9/c1-81-31-43-33-83-35-59(43)77-57-23-39(13-19-55(57)73-61(77)25-41-21-51(71)47(27-49(41)69)53-5-3-7-63(75-53)85-29-37-9-15-45(67)16-10-37)65(79)87-66(80)40-14-20-56-58(24-40)78(60-36-84-34-44(60)32-82-2)62(74-56)26-42-22-52(72)48(28-50(42)70)54-6-4-8-64(76-54)86-30-38-11-17-46(68)18-12-38/h3-24,27-28,43-44,59-60H,25-26,29-36H2,1-2H3/t43-,44-,59+,60+/m0/s1. The lowest BCUT2D eigenvalue weighted by molar-refractivity contribution is 0.0397. The largest absolute Gasteiger partial charge is 0.473 e. The number of pyridine rings is 2. The van der Waals surface area contributed by atoms with E-state index in [1.54, 1.807) is 99.1 Å². The summed E-state index contributed by atoms with van der Waals surface area (Å²) in [5, 5.41) is 1.17. The molecule has 444 valence electrons. The number of hydrogen-bond acceptors (Lipinski definition) is 13. The van der Waals surface area contributed by atoms with E-state index in [0.717, 1.165) is 35.4 Å². The van der Waals surface area contributed by atoms with Crippen LogP contribution in [0.5, 0.6) is 11.8 Å². The molecule has 2 saturated heterocycles. The summed E-state index contributed by atoms with van der Waals surface area (Å²) >= 11 is 12.0. The molecule has 6 heterocycles. The topological polar surface area (TPSA) is 160 Å². The minimum absolute atomic E-state index is 0.00406. The maximum absolute atomic E-state index is 16.3. The molecule has 0 saturated carbocycles. The molecule has 21 heteroatoms. The molecule has 87 heavy (non-hydrogen) atoms. The third-order valence-electron chi connectivity index (χ3n) is 15.5. The molecule has 0 bridgehead atoms. The number of ether oxygens (including phenoxy) is 7. The van der Waals surface area contributed by atoms with E-state index >= 15 is 17.6 Å². The SMILES string of the molecule is COC[C@H]1COC[C@H]1n1c(Cc2cc(F)c(-c3cccc(OCc4ccc(Cl)cc4)n3)cc2F)nc2ccc(C(=O)OC(=O)c3ccc4nc(Cc5cc(F)c(-c6cccc(OCc7ccc(Cl)cc7)n6)cc5F)n([C@@H]5COC[C@@H]5COC)c4c3)cc21. The first kappa shape index (κ1) is 58.8. The molecule has 10 aromatic rings. The van der Waals surface area contributed by atoms with E-state index in [1.165, 1.54) is 12.1 Å². The zero-order valence-corrected chi connectivity index (χ0v) is 48.4. The Balaban J connectivity index is 0.800. The highest BCUT2D eigenvalue weighted by Crippen LogP contribution is 2.37. The molecule has 2 aliphatic heterocycles. The number of methoxy groups -OCH3 is 2. The van der Waals surface area contributed by atoms with Crippen LogP contribution in [0.3, 0.4) is 0 Å². The van der Waals surface area contributed by atoms with Gasteiger partial charge in [-0.15, -0.1) is 0 Å². The van der Waals surface area contributed by atoms with E-state index in [2.05, 4.69) is 9.97 Å². The van der Waals surface area contributed by atoms with Crippen molar-refractivity contribution in [1.82, 2.24) is 29.1 Å². The number of imidazole rings is 2. The Bertz CT molecular complexity index is 3940. The average molecular weight is 1220 g/mol. The molecule has 0 spiro atoms. The van der Waals surface area contributed by atoms with Gasteiger partial charge in [0.1, 0.15) is 48.1 Å². The van der Waals surface area contributed by atoms with Gasteiger partial charge < -0.3 is 42.3 Å². The number of carbonyl (C=O) groups excluding carboxylic acids is 2. The molecule has 4 atom stereocenters. The van der Waals surface area contributed by atoms with Crippen LogP contribution < -0.4 is 9.47 Å². The van der Waals surface area contributed by atoms with Gasteiger partial charge in [0.25, 0.3) is 0 Å². The van der Waals surface area contributed by atoms with E-state index in [9.17, 15) is 9.59 Å². The number of carbonyl (C=O) groups is 2. The van der Waals surface area contributed by atoms with Crippen LogP contribution in [-0.4, -0.2) is 94.9 Å². The van der Waals surface area contributed by atoms with Crippen LogP contribution in [0.2, 0.25) is 10.0 Å². The first-order valence-electron chi connectivity index (χ1n) is 27.8. The smallest absolute Gasteiger partial charge is 0.346 e. The van der Waals surface area contributed by atoms with E-state index in [1.807, 2.05) is 33.4 Å². The molecular weight excluding hydrogens is 1170 g/mol. The summed E-state index contributed by atoms with van der Waals surface area (Å²) in [6.45, 7) is 2.11. The predicted molar refractivity (Wildman–Crippen MR) is 316 cm³/mol. The summed E-state index contributed by atoms with van der Waals surface area (Å²) in [7, 11) is 3.14. The fourth-order valence-corrected chi connectivity index (χ4v) is 11.4. The Morgan fingerprint density at radius 2 is 0.943 bits per heavy atom. The summed E-state index contributed by atoms with van der Waals surface area (Å²) < 4.78 is 109. The molecular formula is C66H54Cl2F4N6O9. The third-order valence-corrected chi connectivity index (χ3v) is 16.0. The number of aromatic nitrogens is 6. The highest BCUT2D eigenvalue weighted by Gasteiger charge is 2.35. The Kier molecular flexibility index (Phi) is 17.4. The van der Waals surface area contributed by atoms with Gasteiger partial charge in [-0.1, -0.05) is 59.6 Å². The van der Waals surface area contributed by atoms with Gasteiger partial charge in [-0.2, -0.15) is 0 Å². The van der Waals surface area contributed by atoms with Crippen molar-refractivity contribution in [3.63, 3.8) is 0 Å². The van der Waals surface area contributed by atoms with Crippen LogP contribution in [0.4, 0.5) is 17.6 Å². The van der Waals surface area contributed by atoms with E-state index in [4.69, 9.17) is 66.3 Å². The zero-order chi connectivity index (χ0) is 60.3. The van der Waals surface area contributed by atoms with Gasteiger partial charge in [-0.3, -0.25) is 0 Å². The molecule has 0 amide bonds. The summed E-state index contributed by atoms with van der Waals surface area (Å²) in [5.41, 5.74) is 3.69. The normalized spacial score (nSPS) is 16.7. The quantitative estimate of drug-likeness (QED) is 0.0403. The monoisotopic (exact) mass is 1220 g/mol. The Morgan fingerprint density at radius 1 is 0.517 bits per heavy atom. The molecule has 4 aromatic heterocycles. The first-order valence-corrected chi connectivity index (χ1v) is 28.6. The molecule has 15 nitrogen and oxygen atoms in total. The number of halogens is 6.